The van der Waals surface area contributed by atoms with Gasteiger partial charge < -0.3 is 5.73 Å². The van der Waals surface area contributed by atoms with E-state index in [4.69, 9.17) is 5.73 Å². The number of hydrogen-bond acceptors (Lipinski definition) is 3. The first kappa shape index (κ1) is 13.5. The summed E-state index contributed by atoms with van der Waals surface area (Å²) in [6.07, 6.45) is 2.45. The second kappa shape index (κ2) is 4.05. The summed E-state index contributed by atoms with van der Waals surface area (Å²) in [4.78, 5) is 4.35. The predicted octanol–water partition coefficient (Wildman–Crippen LogP) is 2.41. The van der Waals surface area contributed by atoms with Gasteiger partial charge in [-0.1, -0.05) is 27.7 Å². The van der Waals surface area contributed by atoms with Crippen LogP contribution in [0.15, 0.2) is 6.33 Å². The van der Waals surface area contributed by atoms with E-state index >= 15 is 0 Å². The van der Waals surface area contributed by atoms with E-state index in [0.29, 0.717) is 22.8 Å². The maximum atomic E-state index is 6.41. The third-order valence-corrected chi connectivity index (χ3v) is 5.12. The van der Waals surface area contributed by atoms with Gasteiger partial charge in [-0.25, -0.2) is 9.67 Å². The molecule has 1 aliphatic carbocycles. The zero-order valence-electron chi connectivity index (χ0n) is 12.4. The highest BCUT2D eigenvalue weighted by molar-refractivity contribution is 5.16. The average Bonchev–Trinajstić information content (AvgIpc) is 2.59. The Balaban J connectivity index is 2.09. The van der Waals surface area contributed by atoms with E-state index in [1.54, 1.807) is 6.33 Å². The minimum absolute atomic E-state index is 0.164. The topological polar surface area (TPSA) is 56.7 Å². The van der Waals surface area contributed by atoms with Crippen LogP contribution in [0.2, 0.25) is 0 Å². The molecule has 1 atom stereocenters. The van der Waals surface area contributed by atoms with Crippen LogP contribution in [0.5, 0.6) is 0 Å². The van der Waals surface area contributed by atoms with Crippen LogP contribution in [-0.4, -0.2) is 20.8 Å². The summed E-state index contributed by atoms with van der Waals surface area (Å²) in [6.45, 7) is 13.5. The minimum Gasteiger partial charge on any atom is -0.327 e. The lowest BCUT2D eigenvalue weighted by atomic mass is 10.0. The monoisotopic (exact) mass is 250 g/mol. The number of aromatic nitrogens is 3. The van der Waals surface area contributed by atoms with Crippen molar-refractivity contribution in [3.63, 3.8) is 0 Å². The van der Waals surface area contributed by atoms with Crippen molar-refractivity contribution in [3.8, 4) is 0 Å². The van der Waals surface area contributed by atoms with Crippen LogP contribution < -0.4 is 5.73 Å². The van der Waals surface area contributed by atoms with Crippen molar-refractivity contribution in [1.82, 2.24) is 14.8 Å². The SMILES string of the molecule is CC(C)n1ncnc1CC(N)C1C(C)(C)C1(C)C. The molecule has 102 valence electrons. The largest absolute Gasteiger partial charge is 0.327 e. The Morgan fingerprint density at radius 3 is 2.28 bits per heavy atom. The van der Waals surface area contributed by atoms with Crippen LogP contribution in [-0.2, 0) is 6.42 Å². The lowest BCUT2D eigenvalue weighted by molar-refractivity contribution is 0.442. The Bertz CT molecular complexity index is 417. The number of nitrogens with two attached hydrogens (primary N) is 1. The van der Waals surface area contributed by atoms with Gasteiger partial charge in [0.2, 0.25) is 0 Å². The molecule has 1 saturated carbocycles. The van der Waals surface area contributed by atoms with Crippen molar-refractivity contribution in [2.24, 2.45) is 22.5 Å². The van der Waals surface area contributed by atoms with E-state index in [9.17, 15) is 0 Å². The van der Waals surface area contributed by atoms with Crippen molar-refractivity contribution in [1.29, 1.82) is 0 Å². The fraction of sp³-hybridized carbons (Fsp3) is 0.857. The molecular weight excluding hydrogens is 224 g/mol. The third kappa shape index (κ3) is 1.87. The van der Waals surface area contributed by atoms with Crippen molar-refractivity contribution in [3.05, 3.63) is 12.2 Å². The van der Waals surface area contributed by atoms with Crippen molar-refractivity contribution < 1.29 is 0 Å². The highest BCUT2D eigenvalue weighted by Gasteiger charge is 2.66. The summed E-state index contributed by atoms with van der Waals surface area (Å²) >= 11 is 0. The first-order valence-electron chi connectivity index (χ1n) is 6.83. The molecule has 18 heavy (non-hydrogen) atoms. The molecule has 2 rings (SSSR count). The van der Waals surface area contributed by atoms with Crippen LogP contribution >= 0.6 is 0 Å². The van der Waals surface area contributed by atoms with Gasteiger partial charge in [0.05, 0.1) is 0 Å². The van der Waals surface area contributed by atoms with Gasteiger partial charge in [0, 0.05) is 18.5 Å². The number of hydrogen-bond donors (Lipinski definition) is 1. The molecule has 1 unspecified atom stereocenters. The molecule has 0 spiro atoms. The molecule has 0 saturated heterocycles. The molecule has 1 fully saturated rings. The third-order valence-electron chi connectivity index (χ3n) is 5.12. The second-order valence-electron chi connectivity index (χ2n) is 7.00. The Hall–Kier alpha value is -0.900. The molecule has 1 heterocycles. The number of nitrogens with zero attached hydrogens (tertiary/aromatic N) is 3. The first-order valence-corrected chi connectivity index (χ1v) is 6.83. The Kier molecular flexibility index (Phi) is 3.05. The first-order chi connectivity index (χ1) is 8.19. The van der Waals surface area contributed by atoms with Gasteiger partial charge in [0.1, 0.15) is 12.2 Å². The maximum Gasteiger partial charge on any atom is 0.138 e. The van der Waals surface area contributed by atoms with Crippen molar-refractivity contribution in [2.75, 3.05) is 0 Å². The van der Waals surface area contributed by atoms with E-state index in [0.717, 1.165) is 12.2 Å². The molecular formula is C14H26N4. The molecule has 0 amide bonds. The molecule has 4 heteroatoms. The van der Waals surface area contributed by atoms with Gasteiger partial charge in [0.15, 0.2) is 0 Å². The zero-order chi connectivity index (χ0) is 13.7. The fourth-order valence-corrected chi connectivity index (χ4v) is 3.50. The lowest BCUT2D eigenvalue weighted by Gasteiger charge is -2.15. The van der Waals surface area contributed by atoms with E-state index in [1.807, 2.05) is 4.68 Å². The average molecular weight is 250 g/mol. The van der Waals surface area contributed by atoms with Gasteiger partial charge in [0.25, 0.3) is 0 Å². The molecule has 0 radical (unpaired) electrons. The summed E-state index contributed by atoms with van der Waals surface area (Å²) in [5, 5.41) is 4.27. The molecule has 0 bridgehead atoms. The quantitative estimate of drug-likeness (QED) is 0.892. The smallest absolute Gasteiger partial charge is 0.138 e. The summed E-state index contributed by atoms with van der Waals surface area (Å²) in [7, 11) is 0. The minimum atomic E-state index is 0.164. The molecule has 2 N–H and O–H groups in total. The van der Waals surface area contributed by atoms with Gasteiger partial charge in [-0.3, -0.25) is 0 Å². The van der Waals surface area contributed by atoms with E-state index in [-0.39, 0.29) is 6.04 Å². The summed E-state index contributed by atoms with van der Waals surface area (Å²) < 4.78 is 1.97. The van der Waals surface area contributed by atoms with Crippen LogP contribution in [0, 0.1) is 16.7 Å². The van der Waals surface area contributed by atoms with E-state index < -0.39 is 0 Å². The van der Waals surface area contributed by atoms with E-state index in [1.165, 1.54) is 0 Å². The molecule has 4 nitrogen and oxygen atoms in total. The maximum absolute atomic E-state index is 6.41. The fourth-order valence-electron chi connectivity index (χ4n) is 3.50. The van der Waals surface area contributed by atoms with Crippen molar-refractivity contribution in [2.45, 2.75) is 60.0 Å². The van der Waals surface area contributed by atoms with Crippen LogP contribution in [0.25, 0.3) is 0 Å². The van der Waals surface area contributed by atoms with Gasteiger partial charge in [-0.05, 0) is 30.6 Å². The molecule has 0 aromatic carbocycles. The highest BCUT2D eigenvalue weighted by Crippen LogP contribution is 2.69. The van der Waals surface area contributed by atoms with Crippen LogP contribution in [0.4, 0.5) is 0 Å². The normalized spacial score (nSPS) is 23.3. The van der Waals surface area contributed by atoms with Crippen molar-refractivity contribution >= 4 is 0 Å². The number of rotatable bonds is 4. The molecule has 1 aromatic heterocycles. The predicted molar refractivity (Wildman–Crippen MR) is 73.1 cm³/mol. The zero-order valence-corrected chi connectivity index (χ0v) is 12.4. The Labute approximate surface area is 110 Å². The summed E-state index contributed by atoms with van der Waals surface area (Å²) in [5.41, 5.74) is 7.07. The molecule has 1 aromatic rings. The van der Waals surface area contributed by atoms with Crippen LogP contribution in [0.1, 0.15) is 53.4 Å². The van der Waals surface area contributed by atoms with Gasteiger partial charge in [-0.15, -0.1) is 0 Å². The van der Waals surface area contributed by atoms with Crippen LogP contribution in [0.3, 0.4) is 0 Å². The standard InChI is InChI=1S/C14H26N4/c1-9(2)18-11(16-8-17-18)7-10(15)12-13(3,4)14(12,5)6/h8-10,12H,7,15H2,1-6H3. The lowest BCUT2D eigenvalue weighted by Crippen LogP contribution is -2.30. The summed E-state index contributed by atoms with van der Waals surface area (Å²) in [6, 6.07) is 0.506. The second-order valence-corrected chi connectivity index (χ2v) is 7.00. The highest BCUT2D eigenvalue weighted by atomic mass is 15.3. The van der Waals surface area contributed by atoms with Gasteiger partial charge >= 0.3 is 0 Å². The Morgan fingerprint density at radius 2 is 1.83 bits per heavy atom. The molecule has 1 aliphatic rings. The summed E-state index contributed by atoms with van der Waals surface area (Å²) in [5.74, 6) is 1.57. The van der Waals surface area contributed by atoms with E-state index in [2.05, 4.69) is 51.6 Å². The van der Waals surface area contributed by atoms with Gasteiger partial charge in [-0.2, -0.15) is 5.10 Å². The Morgan fingerprint density at radius 1 is 1.28 bits per heavy atom. The molecule has 0 aliphatic heterocycles.